The second-order valence-electron chi connectivity index (χ2n) is 6.41. The quantitative estimate of drug-likeness (QED) is 0.745. The number of carbonyl (C=O) groups is 2. The lowest BCUT2D eigenvalue weighted by Crippen LogP contribution is -2.44. The van der Waals surface area contributed by atoms with Crippen LogP contribution in [0.3, 0.4) is 0 Å². The van der Waals surface area contributed by atoms with E-state index >= 15 is 0 Å². The molecule has 1 rings (SSSR count). The zero-order valence-corrected chi connectivity index (χ0v) is 13.7. The first-order valence-electron chi connectivity index (χ1n) is 8.19. The number of amides is 2. The topological polar surface area (TPSA) is 75.4 Å². The van der Waals surface area contributed by atoms with E-state index in [0.717, 1.165) is 32.2 Å². The fourth-order valence-corrected chi connectivity index (χ4v) is 3.11. The predicted molar refractivity (Wildman–Crippen MR) is 84.6 cm³/mol. The molecule has 0 spiro atoms. The summed E-state index contributed by atoms with van der Waals surface area (Å²) in [5.41, 5.74) is 5.64. The molecular weight excluding hydrogens is 266 g/mol. The first kappa shape index (κ1) is 18.0. The zero-order valence-electron chi connectivity index (χ0n) is 13.7. The number of piperidine rings is 1. The monoisotopic (exact) mass is 297 g/mol. The number of hydrogen-bond acceptors (Lipinski definition) is 3. The SMILES string of the molecule is CNC(=O)C1CCCN(C(=O)CCC(CCN)C(C)C)C1. The smallest absolute Gasteiger partial charge is 0.224 e. The highest BCUT2D eigenvalue weighted by molar-refractivity contribution is 5.81. The molecule has 3 N–H and O–H groups in total. The van der Waals surface area contributed by atoms with Crippen LogP contribution in [0.15, 0.2) is 0 Å². The molecule has 1 aliphatic rings. The second kappa shape index (κ2) is 9.03. The molecular formula is C16H31N3O2. The van der Waals surface area contributed by atoms with E-state index in [1.807, 2.05) is 4.90 Å². The van der Waals surface area contributed by atoms with Gasteiger partial charge in [0.25, 0.3) is 0 Å². The Hall–Kier alpha value is -1.10. The molecule has 122 valence electrons. The van der Waals surface area contributed by atoms with Crippen molar-refractivity contribution in [2.75, 3.05) is 26.7 Å². The largest absolute Gasteiger partial charge is 0.359 e. The maximum absolute atomic E-state index is 12.3. The Balaban J connectivity index is 2.45. The average Bonchev–Trinajstić information content (AvgIpc) is 2.50. The predicted octanol–water partition coefficient (Wildman–Crippen LogP) is 1.37. The van der Waals surface area contributed by atoms with Gasteiger partial charge in [0.2, 0.25) is 11.8 Å². The van der Waals surface area contributed by atoms with Gasteiger partial charge in [-0.05, 0) is 44.1 Å². The zero-order chi connectivity index (χ0) is 15.8. The van der Waals surface area contributed by atoms with E-state index in [4.69, 9.17) is 5.73 Å². The molecule has 1 saturated heterocycles. The van der Waals surface area contributed by atoms with Crippen molar-refractivity contribution in [3.8, 4) is 0 Å². The number of rotatable bonds is 7. The van der Waals surface area contributed by atoms with Gasteiger partial charge in [-0.15, -0.1) is 0 Å². The summed E-state index contributed by atoms with van der Waals surface area (Å²) in [6, 6.07) is 0. The van der Waals surface area contributed by atoms with Gasteiger partial charge < -0.3 is 16.0 Å². The first-order valence-corrected chi connectivity index (χ1v) is 8.19. The Kier molecular flexibility index (Phi) is 7.72. The molecule has 1 heterocycles. The summed E-state index contributed by atoms with van der Waals surface area (Å²) in [6.45, 7) is 6.41. The van der Waals surface area contributed by atoms with Crippen LogP contribution in [-0.4, -0.2) is 43.4 Å². The molecule has 0 aromatic rings. The van der Waals surface area contributed by atoms with E-state index in [9.17, 15) is 9.59 Å². The van der Waals surface area contributed by atoms with Crippen molar-refractivity contribution in [2.24, 2.45) is 23.5 Å². The summed E-state index contributed by atoms with van der Waals surface area (Å²) in [4.78, 5) is 25.9. The van der Waals surface area contributed by atoms with Gasteiger partial charge >= 0.3 is 0 Å². The van der Waals surface area contributed by atoms with Crippen LogP contribution >= 0.6 is 0 Å². The van der Waals surface area contributed by atoms with Crippen LogP contribution in [0.5, 0.6) is 0 Å². The third kappa shape index (κ3) is 5.65. The summed E-state index contributed by atoms with van der Waals surface area (Å²) < 4.78 is 0. The van der Waals surface area contributed by atoms with Crippen molar-refractivity contribution in [2.45, 2.75) is 46.0 Å². The van der Waals surface area contributed by atoms with E-state index in [0.29, 0.717) is 31.3 Å². The Morgan fingerprint density at radius 1 is 1.33 bits per heavy atom. The fourth-order valence-electron chi connectivity index (χ4n) is 3.11. The summed E-state index contributed by atoms with van der Waals surface area (Å²) >= 11 is 0. The van der Waals surface area contributed by atoms with Gasteiger partial charge in [0.05, 0.1) is 5.92 Å². The van der Waals surface area contributed by atoms with E-state index in [2.05, 4.69) is 19.2 Å². The summed E-state index contributed by atoms with van der Waals surface area (Å²) in [6.07, 6.45) is 4.25. The number of hydrogen-bond donors (Lipinski definition) is 2. The lowest BCUT2D eigenvalue weighted by Gasteiger charge is -2.32. The van der Waals surface area contributed by atoms with Crippen molar-refractivity contribution < 1.29 is 9.59 Å². The van der Waals surface area contributed by atoms with Crippen LogP contribution < -0.4 is 11.1 Å². The highest BCUT2D eigenvalue weighted by Gasteiger charge is 2.28. The van der Waals surface area contributed by atoms with Crippen molar-refractivity contribution in [1.29, 1.82) is 0 Å². The minimum atomic E-state index is -0.0439. The number of nitrogens with zero attached hydrogens (tertiary/aromatic N) is 1. The molecule has 21 heavy (non-hydrogen) atoms. The molecule has 2 unspecified atom stereocenters. The molecule has 0 bridgehead atoms. The van der Waals surface area contributed by atoms with Gasteiger partial charge in [-0.3, -0.25) is 9.59 Å². The Morgan fingerprint density at radius 2 is 2.05 bits per heavy atom. The molecule has 0 radical (unpaired) electrons. The number of carbonyl (C=O) groups excluding carboxylic acids is 2. The Morgan fingerprint density at radius 3 is 2.62 bits per heavy atom. The summed E-state index contributed by atoms with van der Waals surface area (Å²) in [7, 11) is 1.66. The molecule has 5 heteroatoms. The van der Waals surface area contributed by atoms with E-state index < -0.39 is 0 Å². The maximum Gasteiger partial charge on any atom is 0.224 e. The Labute approximate surface area is 128 Å². The third-order valence-corrected chi connectivity index (χ3v) is 4.60. The molecule has 1 fully saturated rings. The number of nitrogens with one attached hydrogen (secondary N) is 1. The second-order valence-corrected chi connectivity index (χ2v) is 6.41. The maximum atomic E-state index is 12.3. The molecule has 2 amide bonds. The minimum Gasteiger partial charge on any atom is -0.359 e. The van der Waals surface area contributed by atoms with Gasteiger partial charge in [-0.2, -0.15) is 0 Å². The van der Waals surface area contributed by atoms with E-state index in [1.54, 1.807) is 7.05 Å². The van der Waals surface area contributed by atoms with E-state index in [-0.39, 0.29) is 17.7 Å². The van der Waals surface area contributed by atoms with Crippen LogP contribution in [0, 0.1) is 17.8 Å². The van der Waals surface area contributed by atoms with Crippen LogP contribution in [0.1, 0.15) is 46.0 Å². The van der Waals surface area contributed by atoms with Crippen molar-refractivity contribution in [3.05, 3.63) is 0 Å². The molecule has 0 aromatic heterocycles. The van der Waals surface area contributed by atoms with Gasteiger partial charge in [-0.1, -0.05) is 13.8 Å². The van der Waals surface area contributed by atoms with Gasteiger partial charge in [0, 0.05) is 26.6 Å². The standard InChI is InChI=1S/C16H31N3O2/c1-12(2)13(8-9-17)6-7-15(20)19-10-4-5-14(11-19)16(21)18-3/h12-14H,4-11,17H2,1-3H3,(H,18,21). The average molecular weight is 297 g/mol. The summed E-state index contributed by atoms with van der Waals surface area (Å²) in [5.74, 6) is 1.26. The van der Waals surface area contributed by atoms with Crippen LogP contribution in [-0.2, 0) is 9.59 Å². The summed E-state index contributed by atoms with van der Waals surface area (Å²) in [5, 5.41) is 2.69. The molecule has 2 atom stereocenters. The lowest BCUT2D eigenvalue weighted by atomic mass is 9.88. The fraction of sp³-hybridized carbons (Fsp3) is 0.875. The molecule has 0 aliphatic carbocycles. The minimum absolute atomic E-state index is 0.0439. The molecule has 0 saturated carbocycles. The van der Waals surface area contributed by atoms with Gasteiger partial charge in [0.15, 0.2) is 0 Å². The van der Waals surface area contributed by atoms with Gasteiger partial charge in [-0.25, -0.2) is 0 Å². The molecule has 5 nitrogen and oxygen atoms in total. The third-order valence-electron chi connectivity index (χ3n) is 4.60. The Bertz CT molecular complexity index is 344. The highest BCUT2D eigenvalue weighted by Crippen LogP contribution is 2.22. The first-order chi connectivity index (χ1) is 9.99. The van der Waals surface area contributed by atoms with Crippen LogP contribution in [0.4, 0.5) is 0 Å². The van der Waals surface area contributed by atoms with Crippen molar-refractivity contribution in [3.63, 3.8) is 0 Å². The van der Waals surface area contributed by atoms with Crippen molar-refractivity contribution in [1.82, 2.24) is 10.2 Å². The molecule has 1 aliphatic heterocycles. The number of nitrogens with two attached hydrogens (primary N) is 1. The molecule has 0 aromatic carbocycles. The van der Waals surface area contributed by atoms with Crippen LogP contribution in [0.25, 0.3) is 0 Å². The van der Waals surface area contributed by atoms with Crippen LogP contribution in [0.2, 0.25) is 0 Å². The normalized spacial score (nSPS) is 20.4. The highest BCUT2D eigenvalue weighted by atomic mass is 16.2. The van der Waals surface area contributed by atoms with Gasteiger partial charge in [0.1, 0.15) is 0 Å². The van der Waals surface area contributed by atoms with Crippen molar-refractivity contribution >= 4 is 11.8 Å². The lowest BCUT2D eigenvalue weighted by molar-refractivity contribution is -0.135. The number of likely N-dealkylation sites (tertiary alicyclic amines) is 1. The van der Waals surface area contributed by atoms with E-state index in [1.165, 1.54) is 0 Å².